The van der Waals surface area contributed by atoms with E-state index in [0.29, 0.717) is 23.9 Å². The molecule has 2 rings (SSSR count). The van der Waals surface area contributed by atoms with E-state index in [4.69, 9.17) is 4.74 Å². The Bertz CT molecular complexity index is 516. The van der Waals surface area contributed by atoms with Gasteiger partial charge in [0.15, 0.2) is 5.17 Å². The lowest BCUT2D eigenvalue weighted by Gasteiger charge is -2.16. The van der Waals surface area contributed by atoms with Gasteiger partial charge in [-0.2, -0.15) is 4.99 Å². The van der Waals surface area contributed by atoms with E-state index in [0.717, 1.165) is 5.75 Å². The van der Waals surface area contributed by atoms with Crippen LogP contribution in [0.15, 0.2) is 35.3 Å². The van der Waals surface area contributed by atoms with Crippen LogP contribution in [0.25, 0.3) is 0 Å². The molecule has 1 aliphatic rings. The van der Waals surface area contributed by atoms with Crippen molar-refractivity contribution < 1.29 is 14.3 Å². The van der Waals surface area contributed by atoms with Gasteiger partial charge >= 0.3 is 5.97 Å². The van der Waals surface area contributed by atoms with Crippen LogP contribution in [0.5, 0.6) is 0 Å². The van der Waals surface area contributed by atoms with Crippen molar-refractivity contribution in [3.05, 3.63) is 35.9 Å². The highest BCUT2D eigenvalue weighted by molar-refractivity contribution is 8.14. The van der Waals surface area contributed by atoms with E-state index in [9.17, 15) is 9.59 Å². The zero-order chi connectivity index (χ0) is 14.4. The fourth-order valence-corrected chi connectivity index (χ4v) is 2.76. The van der Waals surface area contributed by atoms with Gasteiger partial charge in [-0.3, -0.25) is 9.59 Å². The first-order chi connectivity index (χ1) is 9.70. The summed E-state index contributed by atoms with van der Waals surface area (Å²) in [6, 6.07) is 8.89. The van der Waals surface area contributed by atoms with Gasteiger partial charge in [0.1, 0.15) is 6.54 Å². The van der Waals surface area contributed by atoms with Crippen LogP contribution in [0.3, 0.4) is 0 Å². The average molecular weight is 292 g/mol. The molecule has 5 nitrogen and oxygen atoms in total. The standard InChI is InChI=1S/C14H16N2O3S/c1-2-19-12(17)10-16-8-9-20-14(16)15-13(18)11-6-4-3-5-7-11/h3-7H,2,8-10H2,1H3. The number of aliphatic imine (C=N–C) groups is 1. The molecular weight excluding hydrogens is 276 g/mol. The van der Waals surface area contributed by atoms with E-state index in [1.165, 1.54) is 11.8 Å². The van der Waals surface area contributed by atoms with Gasteiger partial charge in [0, 0.05) is 17.9 Å². The zero-order valence-corrected chi connectivity index (χ0v) is 12.1. The molecule has 6 heteroatoms. The molecule has 0 unspecified atom stereocenters. The maximum absolute atomic E-state index is 12.0. The van der Waals surface area contributed by atoms with Crippen LogP contribution >= 0.6 is 11.8 Å². The van der Waals surface area contributed by atoms with Crippen LogP contribution in [0.2, 0.25) is 0 Å². The van der Waals surface area contributed by atoms with E-state index in [1.807, 2.05) is 6.07 Å². The van der Waals surface area contributed by atoms with Crippen molar-refractivity contribution in [3.8, 4) is 0 Å². The van der Waals surface area contributed by atoms with Gasteiger partial charge < -0.3 is 9.64 Å². The number of rotatable bonds is 4. The largest absolute Gasteiger partial charge is 0.465 e. The number of amidine groups is 1. The number of amides is 1. The maximum atomic E-state index is 12.0. The van der Waals surface area contributed by atoms with E-state index < -0.39 is 0 Å². The summed E-state index contributed by atoms with van der Waals surface area (Å²) >= 11 is 1.48. The Morgan fingerprint density at radius 2 is 2.10 bits per heavy atom. The highest BCUT2D eigenvalue weighted by atomic mass is 32.2. The van der Waals surface area contributed by atoms with Gasteiger partial charge in [-0.05, 0) is 19.1 Å². The Labute approximate surface area is 122 Å². The minimum absolute atomic E-state index is 0.141. The van der Waals surface area contributed by atoms with Crippen molar-refractivity contribution in [2.75, 3.05) is 25.4 Å². The quantitative estimate of drug-likeness (QED) is 0.792. The van der Waals surface area contributed by atoms with Gasteiger partial charge in [-0.1, -0.05) is 30.0 Å². The van der Waals surface area contributed by atoms with Crippen molar-refractivity contribution in [2.45, 2.75) is 6.92 Å². The minimum atomic E-state index is -0.296. The van der Waals surface area contributed by atoms with Crippen molar-refractivity contribution in [1.29, 1.82) is 0 Å². The molecule has 1 aliphatic heterocycles. The Morgan fingerprint density at radius 3 is 2.80 bits per heavy atom. The van der Waals surface area contributed by atoms with Crippen LogP contribution in [-0.2, 0) is 9.53 Å². The molecule has 1 aromatic carbocycles. The summed E-state index contributed by atoms with van der Waals surface area (Å²) < 4.78 is 4.91. The van der Waals surface area contributed by atoms with Crippen molar-refractivity contribution >= 4 is 28.8 Å². The number of thioether (sulfide) groups is 1. The van der Waals surface area contributed by atoms with Crippen LogP contribution in [0.4, 0.5) is 0 Å². The van der Waals surface area contributed by atoms with Gasteiger partial charge in [-0.25, -0.2) is 0 Å². The number of benzene rings is 1. The molecule has 20 heavy (non-hydrogen) atoms. The number of hydrogen-bond donors (Lipinski definition) is 0. The molecule has 1 heterocycles. The molecule has 0 radical (unpaired) electrons. The third kappa shape index (κ3) is 3.84. The normalized spacial score (nSPS) is 16.4. The van der Waals surface area contributed by atoms with E-state index in [-0.39, 0.29) is 18.4 Å². The number of carbonyl (C=O) groups is 2. The first-order valence-electron chi connectivity index (χ1n) is 6.42. The van der Waals surface area contributed by atoms with Crippen molar-refractivity contribution in [3.63, 3.8) is 0 Å². The van der Waals surface area contributed by atoms with E-state index in [1.54, 1.807) is 36.1 Å². The number of hydrogen-bond acceptors (Lipinski definition) is 4. The second-order valence-electron chi connectivity index (χ2n) is 4.14. The number of nitrogens with zero attached hydrogens (tertiary/aromatic N) is 2. The van der Waals surface area contributed by atoms with Crippen molar-refractivity contribution in [2.24, 2.45) is 4.99 Å². The molecule has 1 fully saturated rings. The SMILES string of the molecule is CCOC(=O)CN1CCSC1=NC(=O)c1ccccc1. The maximum Gasteiger partial charge on any atom is 0.325 e. The Morgan fingerprint density at radius 1 is 1.35 bits per heavy atom. The number of ether oxygens (including phenoxy) is 1. The third-order valence-electron chi connectivity index (χ3n) is 2.71. The molecule has 0 saturated carbocycles. The third-order valence-corrected chi connectivity index (χ3v) is 3.70. The molecule has 0 spiro atoms. The van der Waals surface area contributed by atoms with Gasteiger partial charge in [0.25, 0.3) is 5.91 Å². The second-order valence-corrected chi connectivity index (χ2v) is 5.20. The summed E-state index contributed by atoms with van der Waals surface area (Å²) in [4.78, 5) is 29.4. The summed E-state index contributed by atoms with van der Waals surface area (Å²) in [6.45, 7) is 2.96. The fraction of sp³-hybridized carbons (Fsp3) is 0.357. The van der Waals surface area contributed by atoms with Crippen LogP contribution < -0.4 is 0 Å². The smallest absolute Gasteiger partial charge is 0.325 e. The molecule has 1 amide bonds. The number of carbonyl (C=O) groups excluding carboxylic acids is 2. The summed E-state index contributed by atoms with van der Waals surface area (Å²) in [5, 5.41) is 0.590. The molecule has 0 atom stereocenters. The Balaban J connectivity index is 2.04. The summed E-state index contributed by atoms with van der Waals surface area (Å²) in [5.41, 5.74) is 0.545. The molecule has 1 saturated heterocycles. The van der Waals surface area contributed by atoms with E-state index >= 15 is 0 Å². The summed E-state index contributed by atoms with van der Waals surface area (Å²) in [6.07, 6.45) is 0. The molecule has 0 aliphatic carbocycles. The Kier molecular flexibility index (Phi) is 5.17. The molecule has 1 aromatic rings. The first kappa shape index (κ1) is 14.6. The van der Waals surface area contributed by atoms with E-state index in [2.05, 4.69) is 4.99 Å². The summed E-state index contributed by atoms with van der Waals surface area (Å²) in [7, 11) is 0. The predicted molar refractivity (Wildman–Crippen MR) is 78.9 cm³/mol. The van der Waals surface area contributed by atoms with Gasteiger partial charge in [0.2, 0.25) is 0 Å². The topological polar surface area (TPSA) is 59.0 Å². The van der Waals surface area contributed by atoms with Gasteiger partial charge in [-0.15, -0.1) is 0 Å². The number of esters is 1. The molecule has 0 aromatic heterocycles. The van der Waals surface area contributed by atoms with Crippen molar-refractivity contribution in [1.82, 2.24) is 4.90 Å². The fourth-order valence-electron chi connectivity index (χ4n) is 1.78. The highest BCUT2D eigenvalue weighted by Gasteiger charge is 2.23. The molecule has 0 bridgehead atoms. The second kappa shape index (κ2) is 7.09. The zero-order valence-electron chi connectivity index (χ0n) is 11.2. The molecular formula is C14H16N2O3S. The summed E-state index contributed by atoms with van der Waals surface area (Å²) in [5.74, 6) is 0.235. The van der Waals surface area contributed by atoms with Gasteiger partial charge in [0.05, 0.1) is 6.61 Å². The average Bonchev–Trinajstić information content (AvgIpc) is 2.87. The van der Waals surface area contributed by atoms with Crippen LogP contribution in [0.1, 0.15) is 17.3 Å². The first-order valence-corrected chi connectivity index (χ1v) is 7.40. The lowest BCUT2D eigenvalue weighted by atomic mass is 10.2. The monoisotopic (exact) mass is 292 g/mol. The lowest BCUT2D eigenvalue weighted by Crippen LogP contribution is -2.32. The van der Waals surface area contributed by atoms with Crippen LogP contribution in [-0.4, -0.2) is 47.4 Å². The Hall–Kier alpha value is -1.82. The van der Waals surface area contributed by atoms with Crippen LogP contribution in [0, 0.1) is 0 Å². The predicted octanol–water partition coefficient (Wildman–Crippen LogP) is 1.79. The molecule has 106 valence electrons. The molecule has 0 N–H and O–H groups in total. The minimum Gasteiger partial charge on any atom is -0.465 e. The lowest BCUT2D eigenvalue weighted by molar-refractivity contribution is -0.143. The highest BCUT2D eigenvalue weighted by Crippen LogP contribution is 2.18.